The molecule has 1 aromatic carbocycles. The number of rotatable bonds is 7. The maximum Gasteiger partial charge on any atom is 0.251 e. The van der Waals surface area contributed by atoms with E-state index in [1.54, 1.807) is 26.8 Å². The first-order valence-electron chi connectivity index (χ1n) is 8.39. The molecule has 0 saturated carbocycles. The summed E-state index contributed by atoms with van der Waals surface area (Å²) in [6, 6.07) is 8.82. The fourth-order valence-corrected chi connectivity index (χ4v) is 2.47. The zero-order valence-corrected chi connectivity index (χ0v) is 14.9. The van der Waals surface area contributed by atoms with E-state index in [9.17, 15) is 14.7 Å². The van der Waals surface area contributed by atoms with E-state index in [1.807, 2.05) is 18.2 Å². The van der Waals surface area contributed by atoms with Crippen molar-refractivity contribution in [1.82, 2.24) is 15.3 Å². The SMILES string of the molecule is Cc1cc(=O)[nH]c(CCNC(=O)c2cccc(CCC(C)(C)O)c2)n1. The van der Waals surface area contributed by atoms with Gasteiger partial charge in [-0.2, -0.15) is 0 Å². The summed E-state index contributed by atoms with van der Waals surface area (Å²) in [5.74, 6) is 0.393. The second-order valence-corrected chi connectivity index (χ2v) is 6.85. The molecule has 134 valence electrons. The molecule has 1 aromatic heterocycles. The zero-order valence-electron chi connectivity index (χ0n) is 14.9. The lowest BCUT2D eigenvalue weighted by atomic mass is 9.98. The Hall–Kier alpha value is -2.47. The molecule has 1 amide bonds. The number of aromatic nitrogens is 2. The maximum atomic E-state index is 12.3. The van der Waals surface area contributed by atoms with Gasteiger partial charge in [0.15, 0.2) is 0 Å². The molecule has 0 unspecified atom stereocenters. The van der Waals surface area contributed by atoms with Crippen molar-refractivity contribution in [1.29, 1.82) is 0 Å². The Labute approximate surface area is 147 Å². The first-order valence-corrected chi connectivity index (χ1v) is 8.39. The van der Waals surface area contributed by atoms with Crippen molar-refractivity contribution in [3.63, 3.8) is 0 Å². The molecule has 3 N–H and O–H groups in total. The van der Waals surface area contributed by atoms with Crippen molar-refractivity contribution in [3.8, 4) is 0 Å². The van der Waals surface area contributed by atoms with Gasteiger partial charge in [-0.3, -0.25) is 9.59 Å². The zero-order chi connectivity index (χ0) is 18.4. The number of H-pyrrole nitrogens is 1. The van der Waals surface area contributed by atoms with E-state index < -0.39 is 5.60 Å². The van der Waals surface area contributed by atoms with Gasteiger partial charge < -0.3 is 15.4 Å². The van der Waals surface area contributed by atoms with Crippen LogP contribution in [0.1, 0.15) is 47.7 Å². The molecule has 2 rings (SSSR count). The molecule has 0 aliphatic rings. The van der Waals surface area contributed by atoms with E-state index >= 15 is 0 Å². The maximum absolute atomic E-state index is 12.3. The molecule has 0 aliphatic carbocycles. The summed E-state index contributed by atoms with van der Waals surface area (Å²) in [5, 5.41) is 12.6. The van der Waals surface area contributed by atoms with E-state index in [0.717, 1.165) is 5.56 Å². The Kier molecular flexibility index (Phi) is 6.09. The van der Waals surface area contributed by atoms with Gasteiger partial charge >= 0.3 is 0 Å². The molecule has 0 spiro atoms. The minimum absolute atomic E-state index is 0.167. The molecule has 0 aliphatic heterocycles. The van der Waals surface area contributed by atoms with Crippen LogP contribution in [0.25, 0.3) is 0 Å². The summed E-state index contributed by atoms with van der Waals surface area (Å²) >= 11 is 0. The smallest absolute Gasteiger partial charge is 0.251 e. The fraction of sp³-hybridized carbons (Fsp3) is 0.421. The first kappa shape index (κ1) is 18.9. The number of aromatic amines is 1. The second kappa shape index (κ2) is 8.07. The molecule has 6 heteroatoms. The van der Waals surface area contributed by atoms with Crippen molar-refractivity contribution >= 4 is 5.91 Å². The van der Waals surface area contributed by atoms with E-state index in [1.165, 1.54) is 6.07 Å². The highest BCUT2D eigenvalue weighted by Gasteiger charge is 2.13. The summed E-state index contributed by atoms with van der Waals surface area (Å²) in [6.45, 7) is 5.69. The van der Waals surface area contributed by atoms with E-state index in [-0.39, 0.29) is 11.5 Å². The Morgan fingerprint density at radius 1 is 1.28 bits per heavy atom. The van der Waals surface area contributed by atoms with Crippen LogP contribution in [0.4, 0.5) is 0 Å². The molecule has 0 saturated heterocycles. The Balaban J connectivity index is 1.91. The average molecular weight is 343 g/mol. The lowest BCUT2D eigenvalue weighted by Crippen LogP contribution is -2.27. The number of hydrogen-bond donors (Lipinski definition) is 3. The van der Waals surface area contributed by atoms with Crippen LogP contribution in [-0.2, 0) is 12.8 Å². The molecule has 0 fully saturated rings. The molecular weight excluding hydrogens is 318 g/mol. The van der Waals surface area contributed by atoms with Crippen LogP contribution in [-0.4, -0.2) is 33.1 Å². The monoisotopic (exact) mass is 343 g/mol. The van der Waals surface area contributed by atoms with Crippen LogP contribution in [0.3, 0.4) is 0 Å². The van der Waals surface area contributed by atoms with Crippen LogP contribution in [0.5, 0.6) is 0 Å². The Morgan fingerprint density at radius 2 is 2.04 bits per heavy atom. The number of amides is 1. The predicted octanol–water partition coefficient (Wildman–Crippen LogP) is 1.75. The lowest BCUT2D eigenvalue weighted by molar-refractivity contribution is 0.0714. The second-order valence-electron chi connectivity index (χ2n) is 6.85. The standard InChI is InChI=1S/C19H25N3O3/c1-13-11-17(23)22-16(21-13)8-10-20-18(24)15-6-4-5-14(12-15)7-9-19(2,3)25/h4-6,11-12,25H,7-10H2,1-3H3,(H,20,24)(H,21,22,23). The van der Waals surface area contributed by atoms with Crippen LogP contribution < -0.4 is 10.9 Å². The summed E-state index contributed by atoms with van der Waals surface area (Å²) in [7, 11) is 0. The van der Waals surface area contributed by atoms with Crippen molar-refractivity contribution in [2.45, 2.75) is 45.6 Å². The number of nitrogens with zero attached hydrogens (tertiary/aromatic N) is 1. The molecular formula is C19H25N3O3. The normalized spacial score (nSPS) is 11.4. The number of aliphatic hydroxyl groups is 1. The molecule has 0 atom stereocenters. The fourth-order valence-electron chi connectivity index (χ4n) is 2.47. The largest absolute Gasteiger partial charge is 0.390 e. The minimum atomic E-state index is -0.726. The van der Waals surface area contributed by atoms with Gasteiger partial charge in [-0.15, -0.1) is 0 Å². The van der Waals surface area contributed by atoms with Crippen molar-refractivity contribution in [3.05, 3.63) is 63.3 Å². The third-order valence-electron chi connectivity index (χ3n) is 3.78. The highest BCUT2D eigenvalue weighted by atomic mass is 16.3. The van der Waals surface area contributed by atoms with E-state index in [2.05, 4.69) is 15.3 Å². The van der Waals surface area contributed by atoms with Gasteiger partial charge in [-0.05, 0) is 51.3 Å². The van der Waals surface area contributed by atoms with Crippen LogP contribution >= 0.6 is 0 Å². The molecule has 0 radical (unpaired) electrons. The lowest BCUT2D eigenvalue weighted by Gasteiger charge is -2.16. The van der Waals surface area contributed by atoms with Gasteiger partial charge in [0.2, 0.25) is 0 Å². The van der Waals surface area contributed by atoms with Crippen LogP contribution in [0.2, 0.25) is 0 Å². The first-order chi connectivity index (χ1) is 11.7. The van der Waals surface area contributed by atoms with Crippen LogP contribution in [0, 0.1) is 6.92 Å². The average Bonchev–Trinajstić information content (AvgIpc) is 2.51. The van der Waals surface area contributed by atoms with Gasteiger partial charge in [0.05, 0.1) is 5.60 Å². The van der Waals surface area contributed by atoms with Gasteiger partial charge in [-0.25, -0.2) is 4.98 Å². The Bertz CT molecular complexity index is 791. The topological polar surface area (TPSA) is 95.1 Å². The molecule has 25 heavy (non-hydrogen) atoms. The van der Waals surface area contributed by atoms with Gasteiger partial charge in [-0.1, -0.05) is 12.1 Å². The highest BCUT2D eigenvalue weighted by Crippen LogP contribution is 2.14. The quantitative estimate of drug-likeness (QED) is 0.714. The third kappa shape index (κ3) is 6.51. The number of nitrogens with one attached hydrogen (secondary N) is 2. The molecule has 2 aromatic rings. The minimum Gasteiger partial charge on any atom is -0.390 e. The van der Waals surface area contributed by atoms with Crippen molar-refractivity contribution < 1.29 is 9.90 Å². The van der Waals surface area contributed by atoms with Crippen molar-refractivity contribution in [2.75, 3.05) is 6.54 Å². The van der Waals surface area contributed by atoms with Crippen molar-refractivity contribution in [2.24, 2.45) is 0 Å². The summed E-state index contributed by atoms with van der Waals surface area (Å²) < 4.78 is 0. The van der Waals surface area contributed by atoms with Gasteiger partial charge in [0, 0.05) is 30.3 Å². The van der Waals surface area contributed by atoms with Crippen LogP contribution in [0.15, 0.2) is 35.1 Å². The highest BCUT2D eigenvalue weighted by molar-refractivity contribution is 5.94. The third-order valence-corrected chi connectivity index (χ3v) is 3.78. The number of carbonyl (C=O) groups is 1. The predicted molar refractivity (Wildman–Crippen MR) is 96.7 cm³/mol. The number of hydrogen-bond acceptors (Lipinski definition) is 4. The van der Waals surface area contributed by atoms with Gasteiger partial charge in [0.25, 0.3) is 11.5 Å². The Morgan fingerprint density at radius 3 is 2.72 bits per heavy atom. The molecule has 6 nitrogen and oxygen atoms in total. The summed E-state index contributed by atoms with van der Waals surface area (Å²) in [5.41, 5.74) is 1.34. The molecule has 1 heterocycles. The summed E-state index contributed by atoms with van der Waals surface area (Å²) in [4.78, 5) is 30.6. The molecule has 0 bridgehead atoms. The number of aryl methyl sites for hydroxylation is 2. The van der Waals surface area contributed by atoms with E-state index in [0.29, 0.717) is 42.9 Å². The summed E-state index contributed by atoms with van der Waals surface area (Å²) in [6.07, 6.45) is 1.80. The number of carbonyl (C=O) groups excluding carboxylic acids is 1. The van der Waals surface area contributed by atoms with Gasteiger partial charge in [0.1, 0.15) is 5.82 Å². The number of benzene rings is 1. The van der Waals surface area contributed by atoms with E-state index in [4.69, 9.17) is 0 Å².